The van der Waals surface area contributed by atoms with E-state index in [1.54, 1.807) is 0 Å². The molecule has 5 nitrogen and oxygen atoms in total. The minimum absolute atomic E-state index is 0.0447. The first-order valence-corrected chi connectivity index (χ1v) is 6.31. The number of rotatable bonds is 4. The molecule has 17 heavy (non-hydrogen) atoms. The summed E-state index contributed by atoms with van der Waals surface area (Å²) in [6.07, 6.45) is 2.82. The third kappa shape index (κ3) is 3.18. The highest BCUT2D eigenvalue weighted by atomic mass is 16.2. The standard InChI is InChI=1S/C12H20N4O/c13-4-1-5-15-11(17)8-16-7-3-12(10-16)2-6-14-9-12/h14H,1-3,5-10H2,(H,15,17). The number of carbonyl (C=O) groups excluding carboxylic acids is 1. The fourth-order valence-corrected chi connectivity index (χ4v) is 2.82. The SMILES string of the molecule is N#CCCNC(=O)CN1CCC2(CCNC2)C1. The summed E-state index contributed by atoms with van der Waals surface area (Å²) in [5.41, 5.74) is 0.424. The maximum atomic E-state index is 11.6. The Hall–Kier alpha value is -1.12. The molecule has 1 amide bonds. The van der Waals surface area contributed by atoms with Crippen molar-refractivity contribution in [3.05, 3.63) is 0 Å². The number of hydrogen-bond acceptors (Lipinski definition) is 4. The molecular weight excluding hydrogens is 216 g/mol. The normalized spacial score (nSPS) is 28.4. The summed E-state index contributed by atoms with van der Waals surface area (Å²) in [5, 5.41) is 14.6. The quantitative estimate of drug-likeness (QED) is 0.658. The number of nitrogens with zero attached hydrogens (tertiary/aromatic N) is 2. The molecule has 0 aliphatic carbocycles. The Morgan fingerprint density at radius 1 is 1.53 bits per heavy atom. The van der Waals surface area contributed by atoms with Crippen LogP contribution in [0.4, 0.5) is 0 Å². The van der Waals surface area contributed by atoms with Crippen LogP contribution in [-0.2, 0) is 4.79 Å². The lowest BCUT2D eigenvalue weighted by Gasteiger charge is -2.22. The van der Waals surface area contributed by atoms with Gasteiger partial charge in [-0.05, 0) is 31.3 Å². The van der Waals surface area contributed by atoms with Gasteiger partial charge in [0.15, 0.2) is 0 Å². The Bertz CT molecular complexity index is 317. The smallest absolute Gasteiger partial charge is 0.234 e. The average Bonchev–Trinajstić information content (AvgIpc) is 2.91. The molecule has 0 aromatic carbocycles. The molecule has 1 atom stereocenters. The van der Waals surface area contributed by atoms with Crippen LogP contribution in [0.1, 0.15) is 19.3 Å². The maximum absolute atomic E-state index is 11.6. The third-order valence-corrected chi connectivity index (χ3v) is 3.78. The van der Waals surface area contributed by atoms with Gasteiger partial charge >= 0.3 is 0 Å². The largest absolute Gasteiger partial charge is 0.354 e. The molecule has 5 heteroatoms. The van der Waals surface area contributed by atoms with Crippen molar-refractivity contribution < 1.29 is 4.79 Å². The van der Waals surface area contributed by atoms with Crippen LogP contribution < -0.4 is 10.6 Å². The molecule has 2 rings (SSSR count). The minimum Gasteiger partial charge on any atom is -0.354 e. The van der Waals surface area contributed by atoms with Crippen LogP contribution in [-0.4, -0.2) is 50.1 Å². The highest BCUT2D eigenvalue weighted by Gasteiger charge is 2.40. The van der Waals surface area contributed by atoms with Gasteiger partial charge in [-0.25, -0.2) is 0 Å². The Morgan fingerprint density at radius 3 is 3.12 bits per heavy atom. The van der Waals surface area contributed by atoms with E-state index in [0.717, 1.165) is 26.2 Å². The molecule has 2 fully saturated rings. The molecule has 1 unspecified atom stereocenters. The fraction of sp³-hybridized carbons (Fsp3) is 0.833. The predicted molar refractivity (Wildman–Crippen MR) is 64.2 cm³/mol. The second kappa shape index (κ2) is 5.48. The summed E-state index contributed by atoms with van der Waals surface area (Å²) in [6.45, 7) is 5.21. The van der Waals surface area contributed by atoms with Crippen LogP contribution in [0.5, 0.6) is 0 Å². The van der Waals surface area contributed by atoms with Gasteiger partial charge in [-0.2, -0.15) is 5.26 Å². The summed E-state index contributed by atoms with van der Waals surface area (Å²) < 4.78 is 0. The lowest BCUT2D eigenvalue weighted by molar-refractivity contribution is -0.122. The van der Waals surface area contributed by atoms with E-state index in [9.17, 15) is 4.79 Å². The van der Waals surface area contributed by atoms with Gasteiger partial charge in [-0.3, -0.25) is 9.69 Å². The first-order valence-electron chi connectivity index (χ1n) is 6.31. The van der Waals surface area contributed by atoms with E-state index in [0.29, 0.717) is 24.9 Å². The average molecular weight is 236 g/mol. The topological polar surface area (TPSA) is 68.2 Å². The van der Waals surface area contributed by atoms with Crippen molar-refractivity contribution in [2.45, 2.75) is 19.3 Å². The van der Waals surface area contributed by atoms with Gasteiger partial charge in [0.1, 0.15) is 0 Å². The van der Waals surface area contributed by atoms with Crippen molar-refractivity contribution in [2.75, 3.05) is 39.3 Å². The van der Waals surface area contributed by atoms with Gasteiger partial charge in [0, 0.05) is 19.6 Å². The van der Waals surface area contributed by atoms with E-state index < -0.39 is 0 Å². The third-order valence-electron chi connectivity index (χ3n) is 3.78. The van der Waals surface area contributed by atoms with E-state index in [2.05, 4.69) is 15.5 Å². The summed E-state index contributed by atoms with van der Waals surface area (Å²) in [7, 11) is 0. The van der Waals surface area contributed by atoms with Crippen molar-refractivity contribution in [2.24, 2.45) is 5.41 Å². The second-order valence-corrected chi connectivity index (χ2v) is 5.15. The van der Waals surface area contributed by atoms with Crippen molar-refractivity contribution in [3.63, 3.8) is 0 Å². The summed E-state index contributed by atoms with van der Waals surface area (Å²) in [4.78, 5) is 13.8. The van der Waals surface area contributed by atoms with Crippen LogP contribution in [0.2, 0.25) is 0 Å². The van der Waals surface area contributed by atoms with Crippen molar-refractivity contribution in [1.29, 1.82) is 5.26 Å². The number of nitrogens with one attached hydrogen (secondary N) is 2. The molecule has 0 aromatic heterocycles. The minimum atomic E-state index is 0.0447. The molecule has 94 valence electrons. The summed E-state index contributed by atoms with van der Waals surface area (Å²) in [5.74, 6) is 0.0447. The van der Waals surface area contributed by atoms with Gasteiger partial charge in [-0.15, -0.1) is 0 Å². The Morgan fingerprint density at radius 2 is 2.41 bits per heavy atom. The first-order chi connectivity index (χ1) is 8.24. The number of amides is 1. The van der Waals surface area contributed by atoms with Gasteiger partial charge in [-0.1, -0.05) is 0 Å². The highest BCUT2D eigenvalue weighted by molar-refractivity contribution is 5.78. The molecule has 2 aliphatic heterocycles. The molecule has 2 aliphatic rings. The highest BCUT2D eigenvalue weighted by Crippen LogP contribution is 2.35. The molecular formula is C12H20N4O. The van der Waals surface area contributed by atoms with Crippen LogP contribution in [0.25, 0.3) is 0 Å². The van der Waals surface area contributed by atoms with Crippen LogP contribution in [0.3, 0.4) is 0 Å². The molecule has 0 radical (unpaired) electrons. The first kappa shape index (κ1) is 12.3. The number of hydrogen-bond donors (Lipinski definition) is 2. The molecule has 2 heterocycles. The van der Waals surface area contributed by atoms with Gasteiger partial charge in [0.25, 0.3) is 0 Å². The zero-order valence-electron chi connectivity index (χ0n) is 10.2. The van der Waals surface area contributed by atoms with E-state index in [-0.39, 0.29) is 5.91 Å². The summed E-state index contributed by atoms with van der Waals surface area (Å²) in [6, 6.07) is 2.02. The Balaban J connectivity index is 1.70. The van der Waals surface area contributed by atoms with E-state index in [1.807, 2.05) is 6.07 Å². The van der Waals surface area contributed by atoms with E-state index in [1.165, 1.54) is 12.8 Å². The zero-order valence-corrected chi connectivity index (χ0v) is 10.2. The van der Waals surface area contributed by atoms with Crippen LogP contribution in [0, 0.1) is 16.7 Å². The van der Waals surface area contributed by atoms with Gasteiger partial charge in [0.2, 0.25) is 5.91 Å². The lowest BCUT2D eigenvalue weighted by Crippen LogP contribution is -2.38. The zero-order chi connectivity index (χ0) is 12.1. The lowest BCUT2D eigenvalue weighted by atomic mass is 9.87. The number of carbonyl (C=O) groups is 1. The molecule has 2 saturated heterocycles. The second-order valence-electron chi connectivity index (χ2n) is 5.15. The van der Waals surface area contributed by atoms with E-state index in [4.69, 9.17) is 5.26 Å². The van der Waals surface area contributed by atoms with Crippen molar-refractivity contribution in [1.82, 2.24) is 15.5 Å². The molecule has 0 bridgehead atoms. The molecule has 1 spiro atoms. The van der Waals surface area contributed by atoms with Crippen molar-refractivity contribution >= 4 is 5.91 Å². The number of nitriles is 1. The van der Waals surface area contributed by atoms with Crippen LogP contribution >= 0.6 is 0 Å². The van der Waals surface area contributed by atoms with E-state index >= 15 is 0 Å². The fourth-order valence-electron chi connectivity index (χ4n) is 2.82. The summed E-state index contributed by atoms with van der Waals surface area (Å²) >= 11 is 0. The Labute approximate surface area is 102 Å². The molecule has 0 saturated carbocycles. The van der Waals surface area contributed by atoms with Crippen molar-refractivity contribution in [3.8, 4) is 6.07 Å². The van der Waals surface area contributed by atoms with Gasteiger partial charge in [0.05, 0.1) is 19.0 Å². The van der Waals surface area contributed by atoms with Gasteiger partial charge < -0.3 is 10.6 Å². The van der Waals surface area contributed by atoms with Crippen LogP contribution in [0.15, 0.2) is 0 Å². The number of likely N-dealkylation sites (tertiary alicyclic amines) is 1. The monoisotopic (exact) mass is 236 g/mol. The molecule has 2 N–H and O–H groups in total. The maximum Gasteiger partial charge on any atom is 0.234 e. The Kier molecular flexibility index (Phi) is 3.97. The molecule has 0 aromatic rings. The predicted octanol–water partition coefficient (Wildman–Crippen LogP) is -0.298.